The number of carbonyl (C=O) groups is 2. The topological polar surface area (TPSA) is 92.4 Å². The number of piperidine rings is 1. The Hall–Kier alpha value is -3.08. The number of nitrogens with zero attached hydrogens (tertiary/aromatic N) is 4. The second kappa shape index (κ2) is 9.88. The Balaban J connectivity index is 1.51. The Bertz CT molecular complexity index is 1110. The third kappa shape index (κ3) is 5.77. The van der Waals surface area contributed by atoms with Crippen LogP contribution in [0.4, 0.5) is 17.6 Å². The van der Waals surface area contributed by atoms with Crippen molar-refractivity contribution in [1.29, 1.82) is 0 Å². The first kappa shape index (κ1) is 25.0. The SMILES string of the molecule is CC1CCC(=O)N(C[C@H](N)CC(=O)N2CCc3c(nc(-c4ccc(F)cc4)nc3C(F)(F)F)C2)C1. The van der Waals surface area contributed by atoms with Crippen molar-refractivity contribution in [2.24, 2.45) is 11.7 Å². The number of rotatable bonds is 5. The number of benzene rings is 1. The van der Waals surface area contributed by atoms with E-state index in [1.54, 1.807) is 4.90 Å². The summed E-state index contributed by atoms with van der Waals surface area (Å²) in [5.74, 6) is -0.637. The van der Waals surface area contributed by atoms with Crippen LogP contribution in [0, 0.1) is 11.7 Å². The van der Waals surface area contributed by atoms with E-state index in [1.807, 2.05) is 0 Å². The van der Waals surface area contributed by atoms with E-state index in [-0.39, 0.29) is 66.9 Å². The molecule has 0 bridgehead atoms. The summed E-state index contributed by atoms with van der Waals surface area (Å²) in [6, 6.07) is 4.28. The first-order valence-electron chi connectivity index (χ1n) is 11.5. The summed E-state index contributed by atoms with van der Waals surface area (Å²) in [7, 11) is 0. The molecule has 2 atom stereocenters. The van der Waals surface area contributed by atoms with E-state index >= 15 is 0 Å². The van der Waals surface area contributed by atoms with Crippen LogP contribution in [0.15, 0.2) is 24.3 Å². The van der Waals surface area contributed by atoms with Crippen LogP contribution in [-0.2, 0) is 28.7 Å². The van der Waals surface area contributed by atoms with E-state index in [0.29, 0.717) is 18.9 Å². The summed E-state index contributed by atoms with van der Waals surface area (Å²) in [5, 5.41) is 0. The van der Waals surface area contributed by atoms with E-state index in [2.05, 4.69) is 16.9 Å². The number of carbonyl (C=O) groups excluding carboxylic acids is 2. The molecule has 2 amide bonds. The maximum Gasteiger partial charge on any atom is 0.433 e. The molecule has 11 heteroatoms. The number of halogens is 4. The summed E-state index contributed by atoms with van der Waals surface area (Å²) >= 11 is 0. The van der Waals surface area contributed by atoms with Gasteiger partial charge in [0.25, 0.3) is 0 Å². The van der Waals surface area contributed by atoms with Gasteiger partial charge in [-0.2, -0.15) is 13.2 Å². The van der Waals surface area contributed by atoms with Gasteiger partial charge >= 0.3 is 6.18 Å². The average molecular weight is 494 g/mol. The van der Waals surface area contributed by atoms with E-state index in [0.717, 1.165) is 18.6 Å². The Kier molecular flexibility index (Phi) is 7.07. The average Bonchev–Trinajstić information content (AvgIpc) is 2.80. The standard InChI is InChI=1S/C24H27F4N5O2/c1-14-2-7-20(34)33(11-14)12-17(29)10-21(35)32-9-8-18-19(13-32)30-23(31-22(18)24(26,27)28)15-3-5-16(25)6-4-15/h3-6,14,17H,2,7-13,29H2,1H3/t14?,17-/m1/s1. The first-order valence-corrected chi connectivity index (χ1v) is 11.5. The minimum atomic E-state index is -4.70. The molecule has 188 valence electrons. The lowest BCUT2D eigenvalue weighted by Gasteiger charge is -2.34. The zero-order valence-corrected chi connectivity index (χ0v) is 19.3. The fraction of sp³-hybridized carbons (Fsp3) is 0.500. The van der Waals surface area contributed by atoms with Crippen molar-refractivity contribution in [3.63, 3.8) is 0 Å². The van der Waals surface area contributed by atoms with Gasteiger partial charge in [0, 0.05) is 49.6 Å². The lowest BCUT2D eigenvalue weighted by atomic mass is 9.98. The Morgan fingerprint density at radius 3 is 2.60 bits per heavy atom. The highest BCUT2D eigenvalue weighted by atomic mass is 19.4. The highest BCUT2D eigenvalue weighted by Crippen LogP contribution is 2.35. The summed E-state index contributed by atoms with van der Waals surface area (Å²) in [6.45, 7) is 2.88. The Morgan fingerprint density at radius 2 is 1.91 bits per heavy atom. The molecule has 2 aliphatic heterocycles. The number of fused-ring (bicyclic) bond motifs is 1. The van der Waals surface area contributed by atoms with Gasteiger partial charge in [0.05, 0.1) is 12.2 Å². The zero-order chi connectivity index (χ0) is 25.3. The molecule has 2 aliphatic rings. The molecule has 1 saturated heterocycles. The lowest BCUT2D eigenvalue weighted by molar-refractivity contribution is -0.142. The fourth-order valence-corrected chi connectivity index (χ4v) is 4.58. The van der Waals surface area contributed by atoms with Crippen molar-refractivity contribution in [3.8, 4) is 11.4 Å². The quantitative estimate of drug-likeness (QED) is 0.646. The smallest absolute Gasteiger partial charge is 0.341 e. The third-order valence-corrected chi connectivity index (χ3v) is 6.42. The van der Waals surface area contributed by atoms with Crippen LogP contribution < -0.4 is 5.73 Å². The van der Waals surface area contributed by atoms with Gasteiger partial charge in [0.2, 0.25) is 11.8 Å². The van der Waals surface area contributed by atoms with Gasteiger partial charge in [0.15, 0.2) is 11.5 Å². The van der Waals surface area contributed by atoms with Crippen LogP contribution in [0.3, 0.4) is 0 Å². The summed E-state index contributed by atoms with van der Waals surface area (Å²) in [5.41, 5.74) is 5.44. The molecule has 7 nitrogen and oxygen atoms in total. The number of hydrogen-bond donors (Lipinski definition) is 1. The van der Waals surface area contributed by atoms with E-state index in [4.69, 9.17) is 5.73 Å². The molecule has 0 saturated carbocycles. The van der Waals surface area contributed by atoms with Gasteiger partial charge in [-0.15, -0.1) is 0 Å². The molecular weight excluding hydrogens is 466 g/mol. The summed E-state index contributed by atoms with van der Waals surface area (Å²) in [6.07, 6.45) is -3.48. The molecule has 4 rings (SSSR count). The lowest BCUT2D eigenvalue weighted by Crippen LogP contribution is -2.48. The van der Waals surface area contributed by atoms with Crippen molar-refractivity contribution in [3.05, 3.63) is 47.0 Å². The molecule has 0 radical (unpaired) electrons. The maximum absolute atomic E-state index is 13.8. The maximum atomic E-state index is 13.8. The first-order chi connectivity index (χ1) is 16.5. The van der Waals surface area contributed by atoms with Gasteiger partial charge in [0.1, 0.15) is 5.82 Å². The third-order valence-electron chi connectivity index (χ3n) is 6.42. The van der Waals surface area contributed by atoms with Crippen molar-refractivity contribution < 1.29 is 27.2 Å². The molecule has 2 aromatic rings. The molecular formula is C24H27F4N5O2. The number of likely N-dealkylation sites (tertiary alicyclic amines) is 1. The second-order valence-electron chi connectivity index (χ2n) is 9.30. The van der Waals surface area contributed by atoms with Crippen LogP contribution in [0.5, 0.6) is 0 Å². The monoisotopic (exact) mass is 493 g/mol. The molecule has 1 aromatic heterocycles. The van der Waals surface area contributed by atoms with Gasteiger partial charge in [-0.05, 0) is 43.0 Å². The number of alkyl halides is 3. The molecule has 1 aromatic carbocycles. The normalized spacial score (nSPS) is 19.5. The van der Waals surface area contributed by atoms with E-state index < -0.39 is 23.7 Å². The molecule has 0 aliphatic carbocycles. The van der Waals surface area contributed by atoms with E-state index in [9.17, 15) is 27.2 Å². The molecule has 1 unspecified atom stereocenters. The molecule has 0 spiro atoms. The largest absolute Gasteiger partial charge is 0.433 e. The zero-order valence-electron chi connectivity index (χ0n) is 19.3. The predicted molar refractivity (Wildman–Crippen MR) is 119 cm³/mol. The van der Waals surface area contributed by atoms with Crippen molar-refractivity contribution in [2.45, 2.75) is 51.4 Å². The van der Waals surface area contributed by atoms with Crippen LogP contribution in [0.1, 0.15) is 43.1 Å². The van der Waals surface area contributed by atoms with Crippen LogP contribution in [0.25, 0.3) is 11.4 Å². The minimum Gasteiger partial charge on any atom is -0.341 e. The van der Waals surface area contributed by atoms with Gasteiger partial charge < -0.3 is 15.5 Å². The Morgan fingerprint density at radius 1 is 1.20 bits per heavy atom. The summed E-state index contributed by atoms with van der Waals surface area (Å²) in [4.78, 5) is 36.2. The fourth-order valence-electron chi connectivity index (χ4n) is 4.58. The molecule has 2 N–H and O–H groups in total. The minimum absolute atomic E-state index is 0.0163. The van der Waals surface area contributed by atoms with Gasteiger partial charge in [-0.3, -0.25) is 9.59 Å². The molecule has 1 fully saturated rings. The van der Waals surface area contributed by atoms with Gasteiger partial charge in [-0.25, -0.2) is 14.4 Å². The number of nitrogens with two attached hydrogens (primary N) is 1. The highest BCUT2D eigenvalue weighted by molar-refractivity contribution is 5.78. The van der Waals surface area contributed by atoms with Crippen molar-refractivity contribution in [2.75, 3.05) is 19.6 Å². The van der Waals surface area contributed by atoms with Crippen LogP contribution in [0.2, 0.25) is 0 Å². The molecule has 35 heavy (non-hydrogen) atoms. The number of hydrogen-bond acceptors (Lipinski definition) is 5. The Labute approximate surface area is 200 Å². The van der Waals surface area contributed by atoms with Gasteiger partial charge in [-0.1, -0.05) is 6.92 Å². The van der Waals surface area contributed by atoms with Crippen molar-refractivity contribution in [1.82, 2.24) is 19.8 Å². The second-order valence-corrected chi connectivity index (χ2v) is 9.30. The predicted octanol–water partition coefficient (Wildman–Crippen LogP) is 3.16. The van der Waals surface area contributed by atoms with Crippen LogP contribution >= 0.6 is 0 Å². The van der Waals surface area contributed by atoms with E-state index in [1.165, 1.54) is 17.0 Å². The highest BCUT2D eigenvalue weighted by Gasteiger charge is 2.39. The van der Waals surface area contributed by atoms with Crippen LogP contribution in [-0.4, -0.2) is 57.3 Å². The number of aromatic nitrogens is 2. The van der Waals surface area contributed by atoms with Crippen molar-refractivity contribution >= 4 is 11.8 Å². The summed E-state index contributed by atoms with van der Waals surface area (Å²) < 4.78 is 54.6. The number of amides is 2. The molecule has 3 heterocycles.